The lowest BCUT2D eigenvalue weighted by Crippen LogP contribution is -2.21. The van der Waals surface area contributed by atoms with Crippen molar-refractivity contribution < 1.29 is 29.0 Å². The van der Waals surface area contributed by atoms with E-state index in [1.807, 2.05) is 0 Å². The number of aromatic nitrogens is 1. The molecule has 1 heterocycles. The molecule has 2 rings (SSSR count). The third kappa shape index (κ3) is 5.55. The van der Waals surface area contributed by atoms with Crippen LogP contribution in [0.2, 0.25) is 0 Å². The molecule has 0 bridgehead atoms. The summed E-state index contributed by atoms with van der Waals surface area (Å²) in [6.07, 6.45) is 0.0158. The molecule has 26 heavy (non-hydrogen) atoms. The first kappa shape index (κ1) is 19.4. The Morgan fingerprint density at radius 2 is 2.04 bits per heavy atom. The van der Waals surface area contributed by atoms with Gasteiger partial charge in [-0.1, -0.05) is 6.07 Å². The van der Waals surface area contributed by atoms with Crippen LogP contribution >= 0.6 is 11.3 Å². The van der Waals surface area contributed by atoms with Crippen molar-refractivity contribution in [3.05, 3.63) is 40.4 Å². The second-order valence-electron chi connectivity index (χ2n) is 5.27. The molecule has 1 amide bonds. The number of esters is 2. The number of phenolic OH excluding ortho intramolecular Hbond substituents is 1. The Labute approximate surface area is 153 Å². The maximum absolute atomic E-state index is 11.9. The van der Waals surface area contributed by atoms with Crippen molar-refractivity contribution >= 4 is 34.3 Å². The molecule has 1 aromatic heterocycles. The monoisotopic (exact) mass is 378 g/mol. The van der Waals surface area contributed by atoms with Crippen LogP contribution in [0.1, 0.15) is 28.5 Å². The van der Waals surface area contributed by atoms with Crippen LogP contribution in [0.3, 0.4) is 0 Å². The molecule has 2 N–H and O–H groups in total. The van der Waals surface area contributed by atoms with Crippen LogP contribution in [-0.4, -0.2) is 41.2 Å². The highest BCUT2D eigenvalue weighted by molar-refractivity contribution is 7.13. The fourth-order valence-corrected chi connectivity index (χ4v) is 2.71. The topological polar surface area (TPSA) is 115 Å². The molecule has 1 aromatic carbocycles. The second kappa shape index (κ2) is 8.95. The number of nitrogens with zero attached hydrogens (tertiary/aromatic N) is 1. The smallest absolute Gasteiger partial charge is 0.342 e. The van der Waals surface area contributed by atoms with E-state index in [1.54, 1.807) is 25.3 Å². The lowest BCUT2D eigenvalue weighted by molar-refractivity contribution is -0.142. The van der Waals surface area contributed by atoms with Gasteiger partial charge in [-0.2, -0.15) is 0 Å². The Bertz CT molecular complexity index is 817. The number of anilines is 1. The molecule has 0 saturated carbocycles. The van der Waals surface area contributed by atoms with Gasteiger partial charge < -0.3 is 14.6 Å². The molecule has 0 saturated heterocycles. The Balaban J connectivity index is 1.84. The Morgan fingerprint density at radius 3 is 2.73 bits per heavy atom. The van der Waals surface area contributed by atoms with Crippen molar-refractivity contribution in [1.29, 1.82) is 0 Å². The van der Waals surface area contributed by atoms with Crippen LogP contribution in [0, 0.1) is 6.92 Å². The van der Waals surface area contributed by atoms with Crippen molar-refractivity contribution in [3.63, 3.8) is 0 Å². The van der Waals surface area contributed by atoms with Gasteiger partial charge in [0.25, 0.3) is 5.91 Å². The lowest BCUT2D eigenvalue weighted by atomic mass is 10.1. The molecule has 0 spiro atoms. The van der Waals surface area contributed by atoms with E-state index in [0.717, 1.165) is 16.9 Å². The highest BCUT2D eigenvalue weighted by Crippen LogP contribution is 2.19. The molecule has 9 heteroatoms. The molecule has 0 aliphatic carbocycles. The van der Waals surface area contributed by atoms with Crippen LogP contribution in [0.15, 0.2) is 23.6 Å². The number of aromatic hydroxyl groups is 1. The highest BCUT2D eigenvalue weighted by Gasteiger charge is 2.15. The summed E-state index contributed by atoms with van der Waals surface area (Å²) in [6.45, 7) is 3.24. The molecule has 0 aliphatic rings. The largest absolute Gasteiger partial charge is 0.507 e. The van der Waals surface area contributed by atoms with E-state index in [9.17, 15) is 19.5 Å². The van der Waals surface area contributed by atoms with E-state index < -0.39 is 24.5 Å². The first-order valence-corrected chi connectivity index (χ1v) is 8.63. The number of nitrogens with one attached hydrogen (secondary N) is 1. The van der Waals surface area contributed by atoms with Gasteiger partial charge in [0.1, 0.15) is 11.3 Å². The van der Waals surface area contributed by atoms with E-state index >= 15 is 0 Å². The molecule has 138 valence electrons. The predicted molar refractivity (Wildman–Crippen MR) is 94.2 cm³/mol. The third-order valence-corrected chi connectivity index (χ3v) is 3.94. The summed E-state index contributed by atoms with van der Waals surface area (Å²) in [7, 11) is 0. The number of carbonyl (C=O) groups is 3. The van der Waals surface area contributed by atoms with Gasteiger partial charge >= 0.3 is 11.9 Å². The van der Waals surface area contributed by atoms with Gasteiger partial charge in [-0.3, -0.25) is 14.9 Å². The fourth-order valence-electron chi connectivity index (χ4n) is 1.98. The first-order valence-electron chi connectivity index (χ1n) is 7.75. The predicted octanol–water partition coefficient (Wildman–Crippen LogP) is 2.06. The Morgan fingerprint density at radius 1 is 1.27 bits per heavy atom. The SMILES string of the molecule is CCOC(=O)Cc1csc(NC(=O)COC(=O)c2ccc(C)cc2O)n1. The van der Waals surface area contributed by atoms with Gasteiger partial charge in [0, 0.05) is 5.38 Å². The van der Waals surface area contributed by atoms with Crippen molar-refractivity contribution in [2.75, 3.05) is 18.5 Å². The van der Waals surface area contributed by atoms with Gasteiger partial charge in [0.05, 0.1) is 18.7 Å². The van der Waals surface area contributed by atoms with Gasteiger partial charge in [0.15, 0.2) is 11.7 Å². The quantitative estimate of drug-likeness (QED) is 0.709. The minimum atomic E-state index is -0.806. The van der Waals surface area contributed by atoms with Crippen molar-refractivity contribution in [2.45, 2.75) is 20.3 Å². The molecule has 0 unspecified atom stereocenters. The van der Waals surface area contributed by atoms with E-state index in [0.29, 0.717) is 5.69 Å². The zero-order valence-corrected chi connectivity index (χ0v) is 15.1. The van der Waals surface area contributed by atoms with Crippen LogP contribution in [0.4, 0.5) is 5.13 Å². The number of carbonyl (C=O) groups excluding carboxylic acids is 3. The molecule has 0 radical (unpaired) electrons. The standard InChI is InChI=1S/C17H18N2O6S/c1-3-24-15(22)7-11-9-26-17(18-11)19-14(21)8-25-16(23)12-5-4-10(2)6-13(12)20/h4-6,9,20H,3,7-8H2,1-2H3,(H,18,19,21). The molecule has 2 aromatic rings. The highest BCUT2D eigenvalue weighted by atomic mass is 32.1. The van der Waals surface area contributed by atoms with Gasteiger partial charge in [-0.25, -0.2) is 9.78 Å². The number of hydrogen-bond donors (Lipinski definition) is 2. The Kier molecular flexibility index (Phi) is 6.67. The van der Waals surface area contributed by atoms with E-state index in [-0.39, 0.29) is 29.5 Å². The number of rotatable bonds is 7. The number of ether oxygens (including phenoxy) is 2. The second-order valence-corrected chi connectivity index (χ2v) is 6.13. The maximum Gasteiger partial charge on any atom is 0.342 e. The zero-order chi connectivity index (χ0) is 19.1. The van der Waals surface area contributed by atoms with Gasteiger partial charge in [-0.15, -0.1) is 11.3 Å². The first-order chi connectivity index (χ1) is 12.4. The number of aryl methyl sites for hydroxylation is 1. The van der Waals surface area contributed by atoms with Crippen LogP contribution in [0.25, 0.3) is 0 Å². The van der Waals surface area contributed by atoms with Gasteiger partial charge in [-0.05, 0) is 31.5 Å². The Hall–Kier alpha value is -2.94. The summed E-state index contributed by atoms with van der Waals surface area (Å²) in [4.78, 5) is 39.2. The number of hydrogen-bond acceptors (Lipinski definition) is 8. The lowest BCUT2D eigenvalue weighted by Gasteiger charge is -2.06. The summed E-state index contributed by atoms with van der Waals surface area (Å²) in [5.74, 6) is -2.00. The average molecular weight is 378 g/mol. The average Bonchev–Trinajstić information content (AvgIpc) is 2.99. The molecular formula is C17H18N2O6S. The minimum Gasteiger partial charge on any atom is -0.507 e. The fraction of sp³-hybridized carbons (Fsp3) is 0.294. The zero-order valence-electron chi connectivity index (χ0n) is 14.3. The van der Waals surface area contributed by atoms with Crippen LogP contribution < -0.4 is 5.32 Å². The van der Waals surface area contributed by atoms with Crippen molar-refractivity contribution in [2.24, 2.45) is 0 Å². The van der Waals surface area contributed by atoms with Crippen LogP contribution in [-0.2, 0) is 25.5 Å². The molecule has 0 fully saturated rings. The number of amides is 1. The van der Waals surface area contributed by atoms with E-state index in [4.69, 9.17) is 9.47 Å². The van der Waals surface area contributed by atoms with E-state index in [2.05, 4.69) is 10.3 Å². The normalized spacial score (nSPS) is 10.2. The summed E-state index contributed by atoms with van der Waals surface area (Å²) in [6, 6.07) is 4.50. The minimum absolute atomic E-state index is 0.0158. The number of thiazole rings is 1. The van der Waals surface area contributed by atoms with Crippen LogP contribution in [0.5, 0.6) is 5.75 Å². The number of phenols is 1. The molecule has 0 atom stereocenters. The van der Waals surface area contributed by atoms with E-state index in [1.165, 1.54) is 12.1 Å². The van der Waals surface area contributed by atoms with Crippen molar-refractivity contribution in [3.8, 4) is 5.75 Å². The number of benzene rings is 1. The van der Waals surface area contributed by atoms with Gasteiger partial charge in [0.2, 0.25) is 0 Å². The molecular weight excluding hydrogens is 360 g/mol. The summed E-state index contributed by atoms with van der Waals surface area (Å²) in [5.41, 5.74) is 1.25. The third-order valence-electron chi connectivity index (χ3n) is 3.14. The summed E-state index contributed by atoms with van der Waals surface area (Å²) < 4.78 is 9.70. The maximum atomic E-state index is 11.9. The summed E-state index contributed by atoms with van der Waals surface area (Å²) in [5, 5.41) is 14.1. The molecule has 8 nitrogen and oxygen atoms in total. The summed E-state index contributed by atoms with van der Waals surface area (Å²) >= 11 is 1.14. The van der Waals surface area contributed by atoms with Crippen molar-refractivity contribution in [1.82, 2.24) is 4.98 Å². The molecule has 0 aliphatic heterocycles.